The summed E-state index contributed by atoms with van der Waals surface area (Å²) < 4.78 is 7.24. The number of hydrogen-bond donors (Lipinski definition) is 0. The van der Waals surface area contributed by atoms with Crippen molar-refractivity contribution in [3.8, 4) is 0 Å². The fraction of sp³-hybridized carbons (Fsp3) is 0.375. The molecule has 1 aliphatic rings. The average Bonchev–Trinajstić information content (AvgIpc) is 3.26. The third-order valence-corrected chi connectivity index (χ3v) is 4.25. The number of carbonyl (C=O) groups is 1. The zero-order valence-corrected chi connectivity index (χ0v) is 12.8. The van der Waals surface area contributed by atoms with Crippen LogP contribution in [0.4, 0.5) is 0 Å². The number of rotatable bonds is 3. The van der Waals surface area contributed by atoms with Crippen molar-refractivity contribution in [1.82, 2.24) is 24.9 Å². The molecule has 1 saturated heterocycles. The van der Waals surface area contributed by atoms with Gasteiger partial charge in [-0.05, 0) is 31.0 Å². The Balaban J connectivity index is 1.58. The molecule has 0 spiro atoms. The largest absolute Gasteiger partial charge is 0.441 e. The molecule has 0 radical (unpaired) electrons. The van der Waals surface area contributed by atoms with E-state index in [0.29, 0.717) is 23.6 Å². The number of oxazole rings is 1. The van der Waals surface area contributed by atoms with Crippen molar-refractivity contribution >= 4 is 17.0 Å². The van der Waals surface area contributed by atoms with Gasteiger partial charge in [0.05, 0.1) is 18.8 Å². The summed E-state index contributed by atoms with van der Waals surface area (Å²) in [7, 11) is 0. The van der Waals surface area contributed by atoms with Gasteiger partial charge in [-0.1, -0.05) is 5.21 Å². The molecule has 4 rings (SSSR count). The Morgan fingerprint density at radius 3 is 3.17 bits per heavy atom. The van der Waals surface area contributed by atoms with E-state index in [1.165, 1.54) is 0 Å². The monoisotopic (exact) mass is 311 g/mol. The quantitative estimate of drug-likeness (QED) is 0.739. The van der Waals surface area contributed by atoms with Crippen molar-refractivity contribution < 1.29 is 9.21 Å². The van der Waals surface area contributed by atoms with Crippen LogP contribution in [0.2, 0.25) is 0 Å². The van der Waals surface area contributed by atoms with Crippen LogP contribution in [0.1, 0.15) is 29.1 Å². The molecular weight excluding hydrogens is 294 g/mol. The van der Waals surface area contributed by atoms with Gasteiger partial charge in [0, 0.05) is 25.2 Å². The predicted octanol–water partition coefficient (Wildman–Crippen LogP) is 2.03. The summed E-state index contributed by atoms with van der Waals surface area (Å²) in [6, 6.07) is 5.57. The summed E-state index contributed by atoms with van der Waals surface area (Å²) in [6.07, 6.45) is 5.47. The maximum Gasteiger partial charge on any atom is 0.254 e. The van der Waals surface area contributed by atoms with Crippen LogP contribution in [0.5, 0.6) is 0 Å². The van der Waals surface area contributed by atoms with E-state index in [0.717, 1.165) is 24.9 Å². The van der Waals surface area contributed by atoms with Gasteiger partial charge in [-0.15, -0.1) is 5.10 Å². The van der Waals surface area contributed by atoms with Crippen LogP contribution in [0.3, 0.4) is 0 Å². The van der Waals surface area contributed by atoms with E-state index in [4.69, 9.17) is 4.42 Å². The minimum atomic E-state index is 0.0372. The Hall–Kier alpha value is -2.70. The van der Waals surface area contributed by atoms with Crippen LogP contribution in [-0.2, 0) is 6.54 Å². The number of amides is 1. The first-order valence-corrected chi connectivity index (χ1v) is 7.73. The van der Waals surface area contributed by atoms with Crippen molar-refractivity contribution in [3.63, 3.8) is 0 Å². The van der Waals surface area contributed by atoms with Gasteiger partial charge in [-0.3, -0.25) is 9.48 Å². The normalized spacial score (nSPS) is 18.0. The second kappa shape index (κ2) is 5.49. The molecule has 1 aromatic carbocycles. The zero-order valence-electron chi connectivity index (χ0n) is 12.8. The number of nitrogens with zero attached hydrogens (tertiary/aromatic N) is 5. The molecule has 1 aliphatic heterocycles. The third kappa shape index (κ3) is 2.58. The Kier molecular flexibility index (Phi) is 3.33. The van der Waals surface area contributed by atoms with Crippen LogP contribution in [0.25, 0.3) is 11.1 Å². The number of benzene rings is 1. The lowest BCUT2D eigenvalue weighted by molar-refractivity contribution is 0.0721. The topological polar surface area (TPSA) is 77.1 Å². The highest BCUT2D eigenvalue weighted by molar-refractivity contribution is 5.97. The van der Waals surface area contributed by atoms with Gasteiger partial charge in [-0.2, -0.15) is 0 Å². The van der Waals surface area contributed by atoms with Crippen LogP contribution in [0, 0.1) is 6.92 Å². The molecule has 0 unspecified atom stereocenters. The minimum Gasteiger partial charge on any atom is -0.441 e. The molecule has 1 fully saturated rings. The van der Waals surface area contributed by atoms with Gasteiger partial charge in [0.2, 0.25) is 0 Å². The summed E-state index contributed by atoms with van der Waals surface area (Å²) in [4.78, 5) is 19.1. The molecule has 118 valence electrons. The van der Waals surface area contributed by atoms with E-state index < -0.39 is 0 Å². The first-order valence-electron chi connectivity index (χ1n) is 7.73. The smallest absolute Gasteiger partial charge is 0.254 e. The molecule has 3 aromatic rings. The minimum absolute atomic E-state index is 0.0372. The highest BCUT2D eigenvalue weighted by Crippen LogP contribution is 2.23. The maximum absolute atomic E-state index is 12.9. The van der Waals surface area contributed by atoms with Crippen molar-refractivity contribution in [2.75, 3.05) is 6.54 Å². The molecule has 2 aromatic heterocycles. The first-order chi connectivity index (χ1) is 11.2. The lowest BCUT2D eigenvalue weighted by atomic mass is 10.1. The summed E-state index contributed by atoms with van der Waals surface area (Å²) in [5, 5.41) is 7.82. The maximum atomic E-state index is 12.9. The molecular formula is C16H17N5O2. The summed E-state index contributed by atoms with van der Waals surface area (Å²) in [6.45, 7) is 3.25. The SMILES string of the molecule is Cc1nc2cc(C(=O)N3CCC[C@H]3Cn3ccnn3)ccc2o1. The molecule has 1 atom stereocenters. The molecule has 3 heterocycles. The zero-order chi connectivity index (χ0) is 15.8. The van der Waals surface area contributed by atoms with E-state index >= 15 is 0 Å². The van der Waals surface area contributed by atoms with Gasteiger partial charge < -0.3 is 9.32 Å². The predicted molar refractivity (Wildman–Crippen MR) is 82.8 cm³/mol. The second-order valence-corrected chi connectivity index (χ2v) is 5.84. The molecule has 7 nitrogen and oxygen atoms in total. The number of fused-ring (bicyclic) bond motifs is 1. The van der Waals surface area contributed by atoms with Gasteiger partial charge in [0.15, 0.2) is 11.5 Å². The fourth-order valence-corrected chi connectivity index (χ4v) is 3.18. The fourth-order valence-electron chi connectivity index (χ4n) is 3.18. The van der Waals surface area contributed by atoms with Gasteiger partial charge >= 0.3 is 0 Å². The second-order valence-electron chi connectivity index (χ2n) is 5.84. The molecule has 1 amide bonds. The number of carbonyl (C=O) groups excluding carboxylic acids is 1. The lowest BCUT2D eigenvalue weighted by Gasteiger charge is -2.24. The van der Waals surface area contributed by atoms with E-state index in [2.05, 4.69) is 15.3 Å². The summed E-state index contributed by atoms with van der Waals surface area (Å²) in [5.74, 6) is 0.644. The number of aromatic nitrogens is 4. The van der Waals surface area contributed by atoms with Gasteiger partial charge in [-0.25, -0.2) is 4.98 Å². The standard InChI is InChI=1S/C16H17N5O2/c1-11-18-14-9-12(4-5-15(14)23-11)16(22)21-7-2-3-13(21)10-20-8-6-17-19-20/h4-6,8-9,13H,2-3,7,10H2,1H3/t13-/m0/s1. The third-order valence-electron chi connectivity index (χ3n) is 4.25. The molecule has 23 heavy (non-hydrogen) atoms. The molecule has 0 bridgehead atoms. The van der Waals surface area contributed by atoms with Crippen LogP contribution in [-0.4, -0.2) is 43.4 Å². The van der Waals surface area contributed by atoms with Crippen molar-refractivity contribution in [2.24, 2.45) is 0 Å². The Morgan fingerprint density at radius 1 is 1.43 bits per heavy atom. The average molecular weight is 311 g/mol. The number of hydrogen-bond acceptors (Lipinski definition) is 5. The molecule has 0 aliphatic carbocycles. The van der Waals surface area contributed by atoms with Gasteiger partial charge in [0.25, 0.3) is 5.91 Å². The molecule has 0 saturated carbocycles. The summed E-state index contributed by atoms with van der Waals surface area (Å²) >= 11 is 0. The lowest BCUT2D eigenvalue weighted by Crippen LogP contribution is -2.38. The van der Waals surface area contributed by atoms with Crippen molar-refractivity contribution in [2.45, 2.75) is 32.4 Å². The van der Waals surface area contributed by atoms with E-state index in [1.54, 1.807) is 29.9 Å². The van der Waals surface area contributed by atoms with Crippen molar-refractivity contribution in [1.29, 1.82) is 0 Å². The van der Waals surface area contributed by atoms with Crippen molar-refractivity contribution in [3.05, 3.63) is 42.0 Å². The van der Waals surface area contributed by atoms with E-state index in [-0.39, 0.29) is 11.9 Å². The van der Waals surface area contributed by atoms with Crippen LogP contribution in [0.15, 0.2) is 35.0 Å². The Bertz CT molecular complexity index is 839. The molecule has 0 N–H and O–H groups in total. The Labute approximate surface area is 132 Å². The van der Waals surface area contributed by atoms with E-state index in [9.17, 15) is 4.79 Å². The first kappa shape index (κ1) is 13.9. The highest BCUT2D eigenvalue weighted by atomic mass is 16.3. The summed E-state index contributed by atoms with van der Waals surface area (Å²) in [5.41, 5.74) is 2.08. The van der Waals surface area contributed by atoms with Crippen LogP contribution < -0.4 is 0 Å². The Morgan fingerprint density at radius 2 is 2.35 bits per heavy atom. The van der Waals surface area contributed by atoms with Crippen LogP contribution >= 0.6 is 0 Å². The van der Waals surface area contributed by atoms with E-state index in [1.807, 2.05) is 17.2 Å². The molecule has 7 heteroatoms. The number of aryl methyl sites for hydroxylation is 1. The van der Waals surface area contributed by atoms with Gasteiger partial charge in [0.1, 0.15) is 5.52 Å². The number of likely N-dealkylation sites (tertiary alicyclic amines) is 1. The highest BCUT2D eigenvalue weighted by Gasteiger charge is 2.30.